The van der Waals surface area contributed by atoms with Crippen LogP contribution in [0.15, 0.2) is 28.7 Å². The highest BCUT2D eigenvalue weighted by atomic mass is 79.9. The lowest BCUT2D eigenvalue weighted by Crippen LogP contribution is -2.33. The summed E-state index contributed by atoms with van der Waals surface area (Å²) in [6.45, 7) is 6.36. The van der Waals surface area contributed by atoms with Crippen molar-refractivity contribution in [3.8, 4) is 0 Å². The predicted octanol–water partition coefficient (Wildman–Crippen LogP) is 3.15. The Morgan fingerprint density at radius 2 is 1.90 bits per heavy atom. The van der Waals surface area contributed by atoms with Crippen molar-refractivity contribution >= 4 is 15.9 Å². The third kappa shape index (κ3) is 6.84. The summed E-state index contributed by atoms with van der Waals surface area (Å²) in [5, 5.41) is 10.3. The molecule has 0 aliphatic rings. The standard InChI is InChI=1S/C16H27BrN2O/c1-4-9-19(12-11-18(2)3)10-8-16(20)14-6-5-7-15(17)13-14/h5-7,13,16,20H,4,8-12H2,1-3H3. The highest BCUT2D eigenvalue weighted by Gasteiger charge is 2.11. The molecule has 0 saturated heterocycles. The summed E-state index contributed by atoms with van der Waals surface area (Å²) in [6.07, 6.45) is 1.55. The molecule has 0 aromatic heterocycles. The van der Waals surface area contributed by atoms with Crippen molar-refractivity contribution in [2.45, 2.75) is 25.9 Å². The van der Waals surface area contributed by atoms with Gasteiger partial charge in [0.1, 0.15) is 0 Å². The minimum Gasteiger partial charge on any atom is -0.388 e. The number of halogens is 1. The van der Waals surface area contributed by atoms with Gasteiger partial charge in [0, 0.05) is 24.1 Å². The summed E-state index contributed by atoms with van der Waals surface area (Å²) < 4.78 is 1.02. The molecule has 0 saturated carbocycles. The molecule has 0 radical (unpaired) electrons. The maximum atomic E-state index is 10.3. The molecule has 0 aliphatic carbocycles. The van der Waals surface area contributed by atoms with Crippen molar-refractivity contribution in [2.24, 2.45) is 0 Å². The molecule has 1 atom stereocenters. The van der Waals surface area contributed by atoms with Crippen LogP contribution in [0.25, 0.3) is 0 Å². The molecule has 1 rings (SSSR count). The van der Waals surface area contributed by atoms with Crippen LogP contribution in [0.5, 0.6) is 0 Å². The summed E-state index contributed by atoms with van der Waals surface area (Å²) >= 11 is 3.45. The van der Waals surface area contributed by atoms with Crippen molar-refractivity contribution in [1.29, 1.82) is 0 Å². The largest absolute Gasteiger partial charge is 0.388 e. The fourth-order valence-corrected chi connectivity index (χ4v) is 2.60. The molecule has 1 unspecified atom stereocenters. The SMILES string of the molecule is CCCN(CCC(O)c1cccc(Br)c1)CCN(C)C. The first kappa shape index (κ1) is 17.6. The van der Waals surface area contributed by atoms with E-state index >= 15 is 0 Å². The molecule has 4 heteroatoms. The first-order valence-electron chi connectivity index (χ1n) is 7.33. The molecular formula is C16H27BrN2O. The van der Waals surface area contributed by atoms with Crippen molar-refractivity contribution < 1.29 is 5.11 Å². The van der Waals surface area contributed by atoms with Crippen LogP contribution in [0.2, 0.25) is 0 Å². The van der Waals surface area contributed by atoms with E-state index in [0.717, 1.165) is 49.1 Å². The lowest BCUT2D eigenvalue weighted by Gasteiger charge is -2.24. The molecular weight excluding hydrogens is 316 g/mol. The van der Waals surface area contributed by atoms with E-state index in [9.17, 15) is 5.11 Å². The number of likely N-dealkylation sites (N-methyl/N-ethyl adjacent to an activating group) is 1. The number of nitrogens with zero attached hydrogens (tertiary/aromatic N) is 2. The Hall–Kier alpha value is -0.420. The average molecular weight is 343 g/mol. The second kappa shape index (κ2) is 9.50. The highest BCUT2D eigenvalue weighted by Crippen LogP contribution is 2.20. The third-order valence-corrected chi connectivity index (χ3v) is 3.85. The lowest BCUT2D eigenvalue weighted by molar-refractivity contribution is 0.138. The van der Waals surface area contributed by atoms with Gasteiger partial charge in [0.15, 0.2) is 0 Å². The third-order valence-electron chi connectivity index (χ3n) is 3.36. The Kier molecular flexibility index (Phi) is 8.38. The van der Waals surface area contributed by atoms with Crippen LogP contribution in [0.3, 0.4) is 0 Å². The van der Waals surface area contributed by atoms with E-state index in [1.54, 1.807) is 0 Å². The van der Waals surface area contributed by atoms with Gasteiger partial charge < -0.3 is 14.9 Å². The van der Waals surface area contributed by atoms with E-state index in [4.69, 9.17) is 0 Å². The summed E-state index contributed by atoms with van der Waals surface area (Å²) in [7, 11) is 4.20. The summed E-state index contributed by atoms with van der Waals surface area (Å²) in [5.41, 5.74) is 0.989. The molecule has 0 bridgehead atoms. The molecule has 0 amide bonds. The topological polar surface area (TPSA) is 26.7 Å². The molecule has 1 N–H and O–H groups in total. The first-order valence-corrected chi connectivity index (χ1v) is 8.12. The van der Waals surface area contributed by atoms with Gasteiger partial charge in [0.05, 0.1) is 6.10 Å². The Balaban J connectivity index is 2.45. The second-order valence-corrected chi connectivity index (χ2v) is 6.42. The van der Waals surface area contributed by atoms with Crippen LogP contribution in [-0.4, -0.2) is 55.2 Å². The molecule has 114 valence electrons. The van der Waals surface area contributed by atoms with Crippen LogP contribution in [0.1, 0.15) is 31.4 Å². The number of benzene rings is 1. The van der Waals surface area contributed by atoms with Gasteiger partial charge in [0.2, 0.25) is 0 Å². The highest BCUT2D eigenvalue weighted by molar-refractivity contribution is 9.10. The van der Waals surface area contributed by atoms with Crippen molar-refractivity contribution in [1.82, 2.24) is 9.80 Å². The molecule has 20 heavy (non-hydrogen) atoms. The average Bonchev–Trinajstić information content (AvgIpc) is 2.41. The molecule has 0 aliphatic heterocycles. The van der Waals surface area contributed by atoms with Gasteiger partial charge >= 0.3 is 0 Å². The maximum Gasteiger partial charge on any atom is 0.0802 e. The molecule has 0 spiro atoms. The molecule has 1 aromatic carbocycles. The molecule has 1 aromatic rings. The zero-order valence-corrected chi connectivity index (χ0v) is 14.4. The van der Waals surface area contributed by atoms with Gasteiger partial charge in [-0.3, -0.25) is 0 Å². The number of rotatable bonds is 9. The minimum atomic E-state index is -0.383. The minimum absolute atomic E-state index is 0.383. The normalized spacial score (nSPS) is 13.2. The quantitative estimate of drug-likeness (QED) is 0.746. The Labute approximate surface area is 131 Å². The second-order valence-electron chi connectivity index (χ2n) is 5.50. The van der Waals surface area contributed by atoms with Crippen LogP contribution < -0.4 is 0 Å². The van der Waals surface area contributed by atoms with Gasteiger partial charge in [-0.05, 0) is 51.2 Å². The van der Waals surface area contributed by atoms with E-state index in [1.807, 2.05) is 24.3 Å². The van der Waals surface area contributed by atoms with Crippen molar-refractivity contribution in [3.63, 3.8) is 0 Å². The van der Waals surface area contributed by atoms with Gasteiger partial charge in [0.25, 0.3) is 0 Å². The van der Waals surface area contributed by atoms with E-state index in [0.29, 0.717) is 0 Å². The monoisotopic (exact) mass is 342 g/mol. The van der Waals surface area contributed by atoms with Gasteiger partial charge in [-0.25, -0.2) is 0 Å². The van der Waals surface area contributed by atoms with Crippen molar-refractivity contribution in [3.05, 3.63) is 34.3 Å². The zero-order valence-electron chi connectivity index (χ0n) is 12.8. The number of aliphatic hydroxyl groups excluding tert-OH is 1. The first-order chi connectivity index (χ1) is 9.52. The van der Waals surface area contributed by atoms with Crippen LogP contribution in [0, 0.1) is 0 Å². The maximum absolute atomic E-state index is 10.3. The van der Waals surface area contributed by atoms with Crippen LogP contribution in [-0.2, 0) is 0 Å². The number of hydrogen-bond donors (Lipinski definition) is 1. The number of aliphatic hydroxyl groups is 1. The van der Waals surface area contributed by atoms with Crippen molar-refractivity contribution in [2.75, 3.05) is 40.3 Å². The fraction of sp³-hybridized carbons (Fsp3) is 0.625. The lowest BCUT2D eigenvalue weighted by atomic mass is 10.1. The Morgan fingerprint density at radius 3 is 2.50 bits per heavy atom. The van der Waals surface area contributed by atoms with E-state index < -0.39 is 0 Å². The smallest absolute Gasteiger partial charge is 0.0802 e. The van der Waals surface area contributed by atoms with Gasteiger partial charge in [-0.2, -0.15) is 0 Å². The Bertz CT molecular complexity index is 384. The summed E-state index contributed by atoms with van der Waals surface area (Å²) in [6, 6.07) is 7.93. The fourth-order valence-electron chi connectivity index (χ4n) is 2.18. The Morgan fingerprint density at radius 1 is 1.15 bits per heavy atom. The molecule has 0 fully saturated rings. The molecule has 3 nitrogen and oxygen atoms in total. The number of hydrogen-bond acceptors (Lipinski definition) is 3. The van der Waals surface area contributed by atoms with Crippen LogP contribution in [0.4, 0.5) is 0 Å². The van der Waals surface area contributed by atoms with Gasteiger partial charge in [-0.1, -0.05) is 35.0 Å². The van der Waals surface area contributed by atoms with E-state index in [-0.39, 0.29) is 6.10 Å². The van der Waals surface area contributed by atoms with E-state index in [2.05, 4.69) is 46.7 Å². The van der Waals surface area contributed by atoms with Crippen LogP contribution >= 0.6 is 15.9 Å². The summed E-state index contributed by atoms with van der Waals surface area (Å²) in [5.74, 6) is 0. The predicted molar refractivity (Wildman–Crippen MR) is 89.0 cm³/mol. The zero-order chi connectivity index (χ0) is 15.0. The van der Waals surface area contributed by atoms with E-state index in [1.165, 1.54) is 0 Å². The molecule has 0 heterocycles. The van der Waals surface area contributed by atoms with Gasteiger partial charge in [-0.15, -0.1) is 0 Å². The summed E-state index contributed by atoms with van der Waals surface area (Å²) in [4.78, 5) is 4.63.